The van der Waals surface area contributed by atoms with Crippen LogP contribution >= 0.6 is 0 Å². The first-order valence-corrected chi connectivity index (χ1v) is 7.03. The molecule has 0 aromatic carbocycles. The van der Waals surface area contributed by atoms with Gasteiger partial charge in [0.2, 0.25) is 0 Å². The number of hydrogen-bond donors (Lipinski definition) is 0. The molecule has 2 aliphatic rings. The van der Waals surface area contributed by atoms with Gasteiger partial charge in [-0.05, 0) is 33.2 Å². The number of allylic oxidation sites excluding steroid dienone is 1. The van der Waals surface area contributed by atoms with Crippen LogP contribution in [0.5, 0.6) is 0 Å². The van der Waals surface area contributed by atoms with Gasteiger partial charge >= 0.3 is 0 Å². The summed E-state index contributed by atoms with van der Waals surface area (Å²) in [5, 5.41) is 0. The molecule has 0 aliphatic carbocycles. The summed E-state index contributed by atoms with van der Waals surface area (Å²) in [5.74, 6) is 0. The molecule has 0 amide bonds. The lowest BCUT2D eigenvalue weighted by Crippen LogP contribution is -2.51. The monoisotopic (exact) mass is 233 g/mol. The van der Waals surface area contributed by atoms with Crippen molar-refractivity contribution < 1.29 is 0 Å². The highest BCUT2D eigenvalue weighted by atomic mass is 15.2. The summed E-state index contributed by atoms with van der Waals surface area (Å²) in [5.41, 5.74) is 2.28. The summed E-state index contributed by atoms with van der Waals surface area (Å²) < 4.78 is 0. The Kier molecular flexibility index (Phi) is 3.24. The number of fused-ring (bicyclic) bond motifs is 1. The van der Waals surface area contributed by atoms with Crippen LogP contribution in [0.4, 0.5) is 0 Å². The topological polar surface area (TPSA) is 3.24 Å². The van der Waals surface area contributed by atoms with Crippen LogP contribution < -0.4 is 0 Å². The zero-order chi connectivity index (χ0) is 12.7. The van der Waals surface area contributed by atoms with E-state index in [4.69, 9.17) is 0 Å². The molecule has 1 fully saturated rings. The predicted molar refractivity (Wildman–Crippen MR) is 75.1 cm³/mol. The minimum Gasteiger partial charge on any atom is -0.295 e. The third-order valence-electron chi connectivity index (χ3n) is 5.45. The molecule has 0 aromatic rings. The molecule has 1 unspecified atom stereocenters. The van der Waals surface area contributed by atoms with Crippen molar-refractivity contribution in [1.82, 2.24) is 4.90 Å². The van der Waals surface area contributed by atoms with Crippen molar-refractivity contribution in [1.29, 1.82) is 0 Å². The van der Waals surface area contributed by atoms with Crippen molar-refractivity contribution in [2.75, 3.05) is 13.1 Å². The molecule has 0 radical (unpaired) electrons. The molecule has 1 nitrogen and oxygen atoms in total. The minimum atomic E-state index is 0.341. The fourth-order valence-corrected chi connectivity index (χ4v) is 3.99. The number of hydrogen-bond acceptors (Lipinski definition) is 1. The molecule has 1 saturated heterocycles. The standard InChI is InChI=1S/C16H27N/c1-6-13(3)16(5)10-12-17-11-8-9-15(4,7-2)14(16)17/h6,8-9,14H,7,10-12H2,1-5H3/b13-6+/t14-,15?,16-/m0/s1. The summed E-state index contributed by atoms with van der Waals surface area (Å²) in [7, 11) is 0. The van der Waals surface area contributed by atoms with Crippen molar-refractivity contribution in [3.05, 3.63) is 23.8 Å². The van der Waals surface area contributed by atoms with Gasteiger partial charge in [0.05, 0.1) is 0 Å². The maximum Gasteiger partial charge on any atom is 0.0278 e. The van der Waals surface area contributed by atoms with E-state index in [0.717, 1.165) is 6.54 Å². The normalized spacial score (nSPS) is 42.9. The summed E-state index contributed by atoms with van der Waals surface area (Å²) in [4.78, 5) is 2.69. The summed E-state index contributed by atoms with van der Waals surface area (Å²) >= 11 is 0. The molecule has 0 bridgehead atoms. The predicted octanol–water partition coefficient (Wildman–Crippen LogP) is 4.02. The average molecular weight is 233 g/mol. The van der Waals surface area contributed by atoms with Crippen molar-refractivity contribution in [2.24, 2.45) is 10.8 Å². The molecule has 96 valence electrons. The van der Waals surface area contributed by atoms with Crippen LogP contribution in [0.15, 0.2) is 23.8 Å². The van der Waals surface area contributed by atoms with Gasteiger partial charge in [-0.3, -0.25) is 4.90 Å². The Labute approximate surface area is 107 Å². The third-order valence-corrected chi connectivity index (χ3v) is 5.45. The minimum absolute atomic E-state index is 0.341. The Morgan fingerprint density at radius 1 is 1.47 bits per heavy atom. The SMILES string of the molecule is C/C=C(\C)[C@]1(C)CCN2CC=CC(C)(CC)[C@H]21. The molecular formula is C16H27N. The largest absolute Gasteiger partial charge is 0.295 e. The molecule has 2 aliphatic heterocycles. The van der Waals surface area contributed by atoms with E-state index >= 15 is 0 Å². The van der Waals surface area contributed by atoms with Gasteiger partial charge < -0.3 is 0 Å². The molecule has 0 saturated carbocycles. The van der Waals surface area contributed by atoms with Gasteiger partial charge in [0, 0.05) is 23.4 Å². The molecule has 17 heavy (non-hydrogen) atoms. The van der Waals surface area contributed by atoms with Crippen LogP contribution in [0.2, 0.25) is 0 Å². The smallest absolute Gasteiger partial charge is 0.0278 e. The van der Waals surface area contributed by atoms with E-state index in [0.29, 0.717) is 16.9 Å². The zero-order valence-corrected chi connectivity index (χ0v) is 12.1. The highest BCUT2D eigenvalue weighted by Gasteiger charge is 2.52. The lowest BCUT2D eigenvalue weighted by atomic mass is 9.63. The number of nitrogens with zero attached hydrogens (tertiary/aromatic N) is 1. The van der Waals surface area contributed by atoms with Crippen molar-refractivity contribution in [3.63, 3.8) is 0 Å². The van der Waals surface area contributed by atoms with E-state index in [1.807, 2.05) is 0 Å². The second-order valence-corrected chi connectivity index (χ2v) is 6.30. The Balaban J connectivity index is 2.43. The lowest BCUT2D eigenvalue weighted by molar-refractivity contribution is 0.0843. The molecule has 3 atom stereocenters. The molecule has 0 N–H and O–H groups in total. The van der Waals surface area contributed by atoms with Crippen LogP contribution in [-0.2, 0) is 0 Å². The van der Waals surface area contributed by atoms with Crippen molar-refractivity contribution >= 4 is 0 Å². The first-order chi connectivity index (χ1) is 7.98. The van der Waals surface area contributed by atoms with Gasteiger partial charge in [-0.15, -0.1) is 0 Å². The number of rotatable bonds is 2. The fourth-order valence-electron chi connectivity index (χ4n) is 3.99. The Bertz CT molecular complexity index is 355. The van der Waals surface area contributed by atoms with Gasteiger partial charge in [-0.25, -0.2) is 0 Å². The summed E-state index contributed by atoms with van der Waals surface area (Å²) in [6.45, 7) is 14.1. The van der Waals surface area contributed by atoms with E-state index in [2.05, 4.69) is 57.7 Å². The van der Waals surface area contributed by atoms with Crippen LogP contribution in [-0.4, -0.2) is 24.0 Å². The fraction of sp³-hybridized carbons (Fsp3) is 0.750. The Morgan fingerprint density at radius 3 is 2.76 bits per heavy atom. The van der Waals surface area contributed by atoms with E-state index in [1.165, 1.54) is 19.4 Å². The quantitative estimate of drug-likeness (QED) is 0.651. The Morgan fingerprint density at radius 2 is 2.18 bits per heavy atom. The van der Waals surface area contributed by atoms with Crippen molar-refractivity contribution in [3.8, 4) is 0 Å². The van der Waals surface area contributed by atoms with Crippen LogP contribution in [0, 0.1) is 10.8 Å². The first-order valence-electron chi connectivity index (χ1n) is 7.03. The van der Waals surface area contributed by atoms with Gasteiger partial charge in [0.15, 0.2) is 0 Å². The van der Waals surface area contributed by atoms with E-state index in [-0.39, 0.29) is 0 Å². The third kappa shape index (κ3) is 1.79. The summed E-state index contributed by atoms with van der Waals surface area (Å²) in [6.07, 6.45) is 9.71. The van der Waals surface area contributed by atoms with E-state index < -0.39 is 0 Å². The average Bonchev–Trinajstić information content (AvgIpc) is 2.69. The molecular weight excluding hydrogens is 206 g/mol. The lowest BCUT2D eigenvalue weighted by Gasteiger charge is -2.48. The molecule has 2 rings (SSSR count). The maximum absolute atomic E-state index is 2.69. The molecule has 1 heteroatoms. The highest BCUT2D eigenvalue weighted by molar-refractivity contribution is 5.25. The first kappa shape index (κ1) is 12.9. The van der Waals surface area contributed by atoms with E-state index in [1.54, 1.807) is 5.57 Å². The second kappa shape index (κ2) is 4.28. The van der Waals surface area contributed by atoms with Crippen LogP contribution in [0.1, 0.15) is 47.5 Å². The zero-order valence-electron chi connectivity index (χ0n) is 12.1. The molecule has 0 spiro atoms. The molecule has 0 aromatic heterocycles. The van der Waals surface area contributed by atoms with Gasteiger partial charge in [0.1, 0.15) is 0 Å². The Hall–Kier alpha value is -0.560. The van der Waals surface area contributed by atoms with Crippen LogP contribution in [0.25, 0.3) is 0 Å². The van der Waals surface area contributed by atoms with E-state index in [9.17, 15) is 0 Å². The molecule has 2 heterocycles. The van der Waals surface area contributed by atoms with Gasteiger partial charge in [-0.1, -0.05) is 44.6 Å². The maximum atomic E-state index is 2.69. The van der Waals surface area contributed by atoms with Gasteiger partial charge in [0.25, 0.3) is 0 Å². The highest BCUT2D eigenvalue weighted by Crippen LogP contribution is 2.52. The van der Waals surface area contributed by atoms with Gasteiger partial charge in [-0.2, -0.15) is 0 Å². The van der Waals surface area contributed by atoms with Crippen molar-refractivity contribution in [2.45, 2.75) is 53.5 Å². The van der Waals surface area contributed by atoms with Crippen LogP contribution in [0.3, 0.4) is 0 Å². The summed E-state index contributed by atoms with van der Waals surface area (Å²) in [6, 6.07) is 0.682. The second-order valence-electron chi connectivity index (χ2n) is 6.30.